The second kappa shape index (κ2) is 15.9. The number of nitrogens with zero attached hydrogens (tertiary/aromatic N) is 8. The molecule has 0 unspecified atom stereocenters. The summed E-state index contributed by atoms with van der Waals surface area (Å²) in [5.41, 5.74) is 6.54. The fourth-order valence-electron chi connectivity index (χ4n) is 4.53. The van der Waals surface area contributed by atoms with E-state index >= 15 is 0 Å². The van der Waals surface area contributed by atoms with Crippen LogP contribution in [-0.4, -0.2) is 73.7 Å². The van der Waals surface area contributed by atoms with Crippen LogP contribution in [0.1, 0.15) is 46.5 Å². The number of nitrogens with two attached hydrogens (primary N) is 1. The van der Waals surface area contributed by atoms with E-state index in [0.717, 1.165) is 39.5 Å². The molecule has 1 radical (unpaired) electrons. The monoisotopic (exact) mass is 687 g/mol. The summed E-state index contributed by atoms with van der Waals surface area (Å²) in [7, 11) is 0.622. The number of anilines is 4. The van der Waals surface area contributed by atoms with Crippen molar-refractivity contribution in [3.8, 4) is 16.3 Å². The molecule has 0 aliphatic carbocycles. The Kier molecular flexibility index (Phi) is 12.0. The van der Waals surface area contributed by atoms with E-state index in [2.05, 4.69) is 74.8 Å². The van der Waals surface area contributed by atoms with Crippen molar-refractivity contribution in [2.45, 2.75) is 58.5 Å². The molecule has 2 fully saturated rings. The predicted molar refractivity (Wildman–Crippen MR) is 174 cm³/mol. The highest BCUT2D eigenvalue weighted by Crippen LogP contribution is 2.26. The molecule has 6 rings (SSSR count). The third kappa shape index (κ3) is 9.54. The van der Waals surface area contributed by atoms with Gasteiger partial charge in [0.1, 0.15) is 22.4 Å². The van der Waals surface area contributed by atoms with Gasteiger partial charge in [0.15, 0.2) is 3.92 Å². The minimum atomic E-state index is -0.0993. The maximum absolute atomic E-state index is 10.5. The van der Waals surface area contributed by atoms with Crippen LogP contribution >= 0.6 is 38.6 Å². The average Bonchev–Trinajstić information content (AvgIpc) is 3.80. The van der Waals surface area contributed by atoms with Gasteiger partial charge in [-0.1, -0.05) is 0 Å². The van der Waals surface area contributed by atoms with Crippen LogP contribution in [-0.2, 0) is 4.79 Å². The summed E-state index contributed by atoms with van der Waals surface area (Å²) >= 11 is 6.13. The topological polar surface area (TPSA) is 168 Å². The Morgan fingerprint density at radius 3 is 2.00 bits per heavy atom. The lowest BCUT2D eigenvalue weighted by atomic mass is 10.2. The Bertz CT molecular complexity index is 1440. The molecule has 2 atom stereocenters. The second-order valence-corrected chi connectivity index (χ2v) is 12.8. The normalized spacial score (nSPS) is 17.4. The minimum Gasteiger partial charge on any atom is -0.535 e. The lowest BCUT2D eigenvalue weighted by Gasteiger charge is -2.20. The Morgan fingerprint density at radius 1 is 1.00 bits per heavy atom. The number of amides is 1. The third-order valence-corrected chi connectivity index (χ3v) is 8.88. The van der Waals surface area contributed by atoms with Crippen LogP contribution in [0.4, 0.5) is 23.5 Å². The number of hydrogen-bond donors (Lipinski definition) is 3. The summed E-state index contributed by atoms with van der Waals surface area (Å²) in [6, 6.07) is 1.03. The van der Waals surface area contributed by atoms with E-state index in [-0.39, 0.29) is 5.91 Å². The first kappa shape index (κ1) is 32.5. The second-order valence-electron chi connectivity index (χ2n) is 9.83. The number of carbonyl (C=O) groups excluding carboxylic acids is 1. The van der Waals surface area contributed by atoms with Gasteiger partial charge in [-0.15, -0.1) is 22.7 Å². The lowest BCUT2D eigenvalue weighted by molar-refractivity contribution is -0.114. The maximum atomic E-state index is 10.5. The van der Waals surface area contributed by atoms with E-state index in [1.165, 1.54) is 55.3 Å². The van der Waals surface area contributed by atoms with Crippen molar-refractivity contribution in [2.75, 3.05) is 33.9 Å². The summed E-state index contributed by atoms with van der Waals surface area (Å²) in [6.45, 7) is 7.89. The molecule has 4 aromatic rings. The zero-order chi connectivity index (χ0) is 30.8. The van der Waals surface area contributed by atoms with Crippen LogP contribution < -0.4 is 25.5 Å². The number of nitrogen functional groups attached to an aromatic ring is 1. The molecule has 1 amide bonds. The van der Waals surface area contributed by atoms with Gasteiger partial charge in [0.2, 0.25) is 17.8 Å². The maximum Gasteiger partial charge on any atom is 0.569 e. The Balaban J connectivity index is 0.000000154. The van der Waals surface area contributed by atoms with Crippen LogP contribution in [0.15, 0.2) is 39.5 Å². The number of halogens is 1. The lowest BCUT2D eigenvalue weighted by Crippen LogP contribution is -2.28. The van der Waals surface area contributed by atoms with Crippen molar-refractivity contribution in [1.82, 2.24) is 29.9 Å². The minimum absolute atomic E-state index is 0.0993. The van der Waals surface area contributed by atoms with Crippen molar-refractivity contribution in [3.05, 3.63) is 39.5 Å². The van der Waals surface area contributed by atoms with Gasteiger partial charge in [0, 0.05) is 60.8 Å². The molecule has 0 aromatic carbocycles. The molecule has 43 heavy (non-hydrogen) atoms. The first-order chi connectivity index (χ1) is 20.7. The van der Waals surface area contributed by atoms with Crippen molar-refractivity contribution >= 4 is 75.7 Å². The average molecular weight is 688 g/mol. The summed E-state index contributed by atoms with van der Waals surface area (Å²) < 4.78 is 5.51. The fourth-order valence-corrected chi connectivity index (χ4v) is 6.16. The highest BCUT2D eigenvalue weighted by atomic mass is 79.9. The standard InChI is InChI=1S/C12H15N5S.C9H13BN3O2.C5H5BrN2OS/c1-8-3-2-4-17(8)12-14-5-9(6-15-12)11-16-10(13)7-18-11;1-7-3-2-4-13(7)9-11-5-8(6-12-9)15-10-14;1-3(9)7-4-2-10-5(6)8-4/h5-8H,2-4,13H2,1H3;5-7,14H,2-4H2,1H3;2H,1H3,(H,7,9)/t8-;7-;/m00./s1. The first-order valence-corrected chi connectivity index (χ1v) is 16.2. The summed E-state index contributed by atoms with van der Waals surface area (Å²) in [6.07, 6.45) is 11.6. The molecular formula is C26H33BBrN10O3S2. The highest BCUT2D eigenvalue weighted by Gasteiger charge is 2.23. The zero-order valence-electron chi connectivity index (χ0n) is 24.1. The summed E-state index contributed by atoms with van der Waals surface area (Å²) in [4.78, 5) is 40.3. The van der Waals surface area contributed by atoms with E-state index in [9.17, 15) is 4.79 Å². The molecule has 17 heteroatoms. The molecule has 13 nitrogen and oxygen atoms in total. The molecular weight excluding hydrogens is 655 g/mol. The smallest absolute Gasteiger partial charge is 0.535 e. The third-order valence-electron chi connectivity index (χ3n) is 6.61. The van der Waals surface area contributed by atoms with Crippen LogP contribution in [0, 0.1) is 0 Å². The molecule has 0 bridgehead atoms. The van der Waals surface area contributed by atoms with Gasteiger partial charge in [-0.2, -0.15) is 0 Å². The van der Waals surface area contributed by atoms with Gasteiger partial charge in [-0.25, -0.2) is 29.9 Å². The Hall–Kier alpha value is -3.41. The summed E-state index contributed by atoms with van der Waals surface area (Å²) in [5.74, 6) is 3.03. The molecule has 4 N–H and O–H groups in total. The van der Waals surface area contributed by atoms with E-state index in [1.54, 1.807) is 17.8 Å². The molecule has 227 valence electrons. The quantitative estimate of drug-likeness (QED) is 0.245. The van der Waals surface area contributed by atoms with Crippen LogP contribution in [0.2, 0.25) is 0 Å². The summed E-state index contributed by atoms with van der Waals surface area (Å²) in [5, 5.41) is 15.4. The molecule has 0 spiro atoms. The molecule has 0 saturated carbocycles. The van der Waals surface area contributed by atoms with Crippen molar-refractivity contribution in [3.63, 3.8) is 0 Å². The Morgan fingerprint density at radius 2 is 1.58 bits per heavy atom. The van der Waals surface area contributed by atoms with Crippen LogP contribution in [0.3, 0.4) is 0 Å². The van der Waals surface area contributed by atoms with Gasteiger partial charge in [0.05, 0.1) is 12.4 Å². The van der Waals surface area contributed by atoms with Crippen molar-refractivity contribution in [2.24, 2.45) is 0 Å². The van der Waals surface area contributed by atoms with Crippen molar-refractivity contribution in [1.29, 1.82) is 0 Å². The molecule has 4 aromatic heterocycles. The molecule has 2 aliphatic rings. The Labute approximate surface area is 267 Å². The van der Waals surface area contributed by atoms with E-state index in [0.29, 0.717) is 37.2 Å². The van der Waals surface area contributed by atoms with E-state index in [1.807, 2.05) is 17.8 Å². The van der Waals surface area contributed by atoms with Crippen LogP contribution in [0.25, 0.3) is 10.6 Å². The predicted octanol–water partition coefficient (Wildman–Crippen LogP) is 4.41. The molecule has 2 saturated heterocycles. The van der Waals surface area contributed by atoms with Crippen molar-refractivity contribution < 1.29 is 14.5 Å². The number of aromatic nitrogens is 6. The SMILES string of the molecule is CC(=O)Nc1csc(Br)n1.C[C@H]1CCCN1c1ncc(-c2nc(N)cs2)cn1.C[C@H]1CCCN1c1ncc(O[B]O)cn1. The fraction of sp³-hybridized carbons (Fsp3) is 0.423. The van der Waals surface area contributed by atoms with E-state index in [4.69, 9.17) is 15.4 Å². The number of carbonyl (C=O) groups is 1. The number of thiazole rings is 2. The molecule has 6 heterocycles. The first-order valence-electron chi connectivity index (χ1n) is 13.6. The highest BCUT2D eigenvalue weighted by molar-refractivity contribution is 9.11. The van der Waals surface area contributed by atoms with Gasteiger partial charge in [0.25, 0.3) is 0 Å². The zero-order valence-corrected chi connectivity index (χ0v) is 27.3. The molecule has 2 aliphatic heterocycles. The van der Waals surface area contributed by atoms with Gasteiger partial charge < -0.3 is 30.5 Å². The van der Waals surface area contributed by atoms with Gasteiger partial charge in [-0.05, 0) is 55.5 Å². The van der Waals surface area contributed by atoms with Gasteiger partial charge >= 0.3 is 7.69 Å². The van der Waals surface area contributed by atoms with E-state index < -0.39 is 0 Å². The van der Waals surface area contributed by atoms with Gasteiger partial charge in [-0.3, -0.25) is 4.79 Å². The number of hydrogen-bond acceptors (Lipinski definition) is 14. The number of nitrogens with one attached hydrogen (secondary N) is 1. The largest absolute Gasteiger partial charge is 0.569 e. The van der Waals surface area contributed by atoms with Crippen LogP contribution in [0.5, 0.6) is 5.75 Å². The number of rotatable bonds is 6.